The summed E-state index contributed by atoms with van der Waals surface area (Å²) in [6.07, 6.45) is 5.70. The zero-order valence-electron chi connectivity index (χ0n) is 19.9. The first kappa shape index (κ1) is 29.6. The summed E-state index contributed by atoms with van der Waals surface area (Å²) in [7, 11) is -2.44. The molecule has 8 heteroatoms. The van der Waals surface area contributed by atoms with Gasteiger partial charge in [-0.25, -0.2) is 0 Å². The van der Waals surface area contributed by atoms with Gasteiger partial charge >= 0.3 is 7.32 Å². The van der Waals surface area contributed by atoms with Gasteiger partial charge in [-0.15, -0.1) is 0 Å². The van der Waals surface area contributed by atoms with Gasteiger partial charge in [0.15, 0.2) is 0 Å². The van der Waals surface area contributed by atoms with Gasteiger partial charge in [-0.2, -0.15) is 0 Å². The van der Waals surface area contributed by atoms with Crippen LogP contribution < -0.4 is 0 Å². The first-order valence-corrected chi connectivity index (χ1v) is 11.4. The third-order valence-electron chi connectivity index (χ3n) is 4.49. The van der Waals surface area contributed by atoms with Crippen molar-refractivity contribution < 1.29 is 32.8 Å². The van der Waals surface area contributed by atoms with Gasteiger partial charge in [0.2, 0.25) is 0 Å². The van der Waals surface area contributed by atoms with Gasteiger partial charge in [-0.3, -0.25) is 14.4 Å². The van der Waals surface area contributed by atoms with E-state index in [9.17, 15) is 14.4 Å². The maximum absolute atomic E-state index is 11.0. The lowest BCUT2D eigenvalue weighted by Crippen LogP contribution is -2.50. The van der Waals surface area contributed by atoms with Gasteiger partial charge in [0.1, 0.15) is 0 Å². The molecule has 0 spiro atoms. The minimum absolute atomic E-state index is 0.122. The average Bonchev–Trinajstić information content (AvgIpc) is 2.68. The molecule has 0 amide bonds. The van der Waals surface area contributed by atoms with Crippen LogP contribution in [0.25, 0.3) is 0 Å². The van der Waals surface area contributed by atoms with E-state index >= 15 is 0 Å². The van der Waals surface area contributed by atoms with Crippen molar-refractivity contribution in [3.8, 4) is 0 Å². The Balaban J connectivity index is 0. The van der Waals surface area contributed by atoms with Crippen LogP contribution in [0.5, 0.6) is 0 Å². The minimum Gasteiger partial charge on any atom is -0.625 e. The van der Waals surface area contributed by atoms with Crippen LogP contribution in [0, 0.1) is 0 Å². The van der Waals surface area contributed by atoms with E-state index in [0.717, 1.165) is 0 Å². The van der Waals surface area contributed by atoms with Crippen LogP contribution in [0.1, 0.15) is 93.4 Å². The number of nitrogens with zero attached hydrogens (tertiary/aromatic N) is 1. The standard InChI is InChI=1S/C12H28N.C9H16BO6/c1-5-9-13(10-6-2,11-7-3)12-8-4;1-4-7(11)14-10(15-8(12)5-2)16-9(13)6-3/h5-12H2,1-4H3;10H,4-6H2,1-3H3/q+1;-1. The van der Waals surface area contributed by atoms with Crippen LogP contribution in [0.3, 0.4) is 0 Å². The second-order valence-corrected chi connectivity index (χ2v) is 7.20. The molecule has 0 atom stereocenters. The van der Waals surface area contributed by atoms with Crippen molar-refractivity contribution in [2.75, 3.05) is 26.2 Å². The first-order valence-electron chi connectivity index (χ1n) is 11.4. The molecule has 7 nitrogen and oxygen atoms in total. The Bertz CT molecular complexity index is 386. The second-order valence-electron chi connectivity index (χ2n) is 7.20. The topological polar surface area (TPSA) is 78.9 Å². The summed E-state index contributed by atoms with van der Waals surface area (Å²) in [6, 6.07) is 0. The highest BCUT2D eigenvalue weighted by Crippen LogP contribution is 2.12. The zero-order valence-corrected chi connectivity index (χ0v) is 19.9. The molecule has 0 saturated heterocycles. The quantitative estimate of drug-likeness (QED) is 0.314. The third-order valence-corrected chi connectivity index (χ3v) is 4.49. The minimum atomic E-state index is -2.44. The van der Waals surface area contributed by atoms with Gasteiger partial charge in [0.05, 0.1) is 26.2 Å². The molecule has 0 bridgehead atoms. The SMILES string of the molecule is CCC(=O)O[BH-](OC(=O)CC)OC(=O)CC.CCC[N+](CCC)(CCC)CCC. The normalized spacial score (nSPS) is 10.8. The van der Waals surface area contributed by atoms with Crippen LogP contribution >= 0.6 is 0 Å². The highest BCUT2D eigenvalue weighted by Gasteiger charge is 2.22. The summed E-state index contributed by atoms with van der Waals surface area (Å²) < 4.78 is 15.5. The van der Waals surface area contributed by atoms with E-state index in [1.54, 1.807) is 20.8 Å². The van der Waals surface area contributed by atoms with Crippen molar-refractivity contribution in [1.29, 1.82) is 0 Å². The zero-order chi connectivity index (χ0) is 22.7. The lowest BCUT2D eigenvalue weighted by atomic mass is 10.2. The fourth-order valence-corrected chi connectivity index (χ4v) is 3.36. The Labute approximate surface area is 178 Å². The number of quaternary nitrogens is 1. The van der Waals surface area contributed by atoms with Crippen LogP contribution in [0.4, 0.5) is 0 Å². The van der Waals surface area contributed by atoms with Crippen LogP contribution in [0.2, 0.25) is 0 Å². The Morgan fingerprint density at radius 2 is 0.793 bits per heavy atom. The molecule has 0 heterocycles. The molecule has 0 N–H and O–H groups in total. The molecular weight excluding hydrogens is 373 g/mol. The molecule has 0 rings (SSSR count). The van der Waals surface area contributed by atoms with Crippen molar-refractivity contribution in [3.63, 3.8) is 0 Å². The molecule has 0 aliphatic rings. The van der Waals surface area contributed by atoms with Gasteiger partial charge in [-0.05, 0) is 25.7 Å². The summed E-state index contributed by atoms with van der Waals surface area (Å²) in [5.74, 6) is -1.73. The van der Waals surface area contributed by atoms with Crippen LogP contribution in [0.15, 0.2) is 0 Å². The molecule has 0 saturated carbocycles. The lowest BCUT2D eigenvalue weighted by molar-refractivity contribution is -0.928. The summed E-state index contributed by atoms with van der Waals surface area (Å²) >= 11 is 0. The van der Waals surface area contributed by atoms with Crippen molar-refractivity contribution in [2.45, 2.75) is 93.4 Å². The summed E-state index contributed by atoms with van der Waals surface area (Å²) in [6.45, 7) is 19.5. The predicted molar refractivity (Wildman–Crippen MR) is 117 cm³/mol. The van der Waals surface area contributed by atoms with Gasteiger partial charge in [0.25, 0.3) is 17.9 Å². The monoisotopic (exact) mass is 417 g/mol. The molecule has 0 aromatic carbocycles. The van der Waals surface area contributed by atoms with Gasteiger partial charge in [-0.1, -0.05) is 48.5 Å². The van der Waals surface area contributed by atoms with Crippen molar-refractivity contribution >= 4 is 25.2 Å². The Hall–Kier alpha value is -1.57. The number of rotatable bonds is 14. The number of carbonyl (C=O) groups is 3. The molecule has 0 aliphatic heterocycles. The van der Waals surface area contributed by atoms with Crippen LogP contribution in [-0.4, -0.2) is 55.9 Å². The first-order chi connectivity index (χ1) is 13.8. The van der Waals surface area contributed by atoms with E-state index in [0.29, 0.717) is 0 Å². The van der Waals surface area contributed by atoms with Crippen molar-refractivity contribution in [3.05, 3.63) is 0 Å². The third kappa shape index (κ3) is 15.0. The predicted octanol–water partition coefficient (Wildman–Crippen LogP) is 4.01. The molecule has 0 unspecified atom stereocenters. The summed E-state index contributed by atoms with van der Waals surface area (Å²) in [5.41, 5.74) is 0. The molecule has 29 heavy (non-hydrogen) atoms. The van der Waals surface area contributed by atoms with E-state index in [4.69, 9.17) is 14.0 Å². The average molecular weight is 417 g/mol. The second kappa shape index (κ2) is 18.5. The summed E-state index contributed by atoms with van der Waals surface area (Å²) in [5, 5.41) is 0. The molecular formula is C21H44BNO6. The Morgan fingerprint density at radius 1 is 0.552 bits per heavy atom. The summed E-state index contributed by atoms with van der Waals surface area (Å²) in [4.78, 5) is 32.9. The maximum Gasteiger partial charge on any atom is 0.541 e. The molecule has 0 aromatic rings. The van der Waals surface area contributed by atoms with E-state index in [1.165, 1.54) is 56.3 Å². The van der Waals surface area contributed by atoms with Crippen LogP contribution in [-0.2, 0) is 28.3 Å². The highest BCUT2D eigenvalue weighted by molar-refractivity contribution is 6.44. The van der Waals surface area contributed by atoms with Crippen molar-refractivity contribution in [2.24, 2.45) is 0 Å². The number of carbonyl (C=O) groups excluding carboxylic acids is 3. The molecule has 0 aliphatic carbocycles. The van der Waals surface area contributed by atoms with Gasteiger partial charge < -0.3 is 18.4 Å². The maximum atomic E-state index is 11.0. The largest absolute Gasteiger partial charge is 0.625 e. The Morgan fingerprint density at radius 3 is 0.966 bits per heavy atom. The molecule has 172 valence electrons. The molecule has 0 aromatic heterocycles. The molecule has 0 radical (unpaired) electrons. The number of hydrogen-bond donors (Lipinski definition) is 0. The van der Waals surface area contributed by atoms with Crippen molar-refractivity contribution in [1.82, 2.24) is 0 Å². The van der Waals surface area contributed by atoms with E-state index in [1.807, 2.05) is 0 Å². The van der Waals surface area contributed by atoms with E-state index in [-0.39, 0.29) is 19.3 Å². The highest BCUT2D eigenvalue weighted by atomic mass is 16.8. The Kier molecular flexibility index (Phi) is 18.9. The smallest absolute Gasteiger partial charge is 0.541 e. The fraction of sp³-hybridized carbons (Fsp3) is 0.857. The fourth-order valence-electron chi connectivity index (χ4n) is 3.36. The van der Waals surface area contributed by atoms with Gasteiger partial charge in [0, 0.05) is 19.3 Å². The van der Waals surface area contributed by atoms with E-state index in [2.05, 4.69) is 27.7 Å². The molecule has 0 fully saturated rings. The van der Waals surface area contributed by atoms with E-state index < -0.39 is 25.2 Å². The number of hydrogen-bond acceptors (Lipinski definition) is 6. The lowest BCUT2D eigenvalue weighted by Gasteiger charge is -2.38.